The first kappa shape index (κ1) is 24.0. The molecule has 3 aliphatic rings. The highest BCUT2D eigenvalue weighted by atomic mass is 16.5. The number of piperidine rings is 1. The number of aromatic nitrogens is 4. The van der Waals surface area contributed by atoms with E-state index in [2.05, 4.69) is 38.1 Å². The van der Waals surface area contributed by atoms with Crippen molar-refractivity contribution < 1.29 is 9.47 Å². The van der Waals surface area contributed by atoms with Crippen LogP contribution in [0.25, 0.3) is 16.6 Å². The fourth-order valence-corrected chi connectivity index (χ4v) is 5.74. The minimum absolute atomic E-state index is 0.199. The lowest BCUT2D eigenvalue weighted by atomic mass is 9.87. The molecule has 38 heavy (non-hydrogen) atoms. The number of ether oxygens (including phenoxy) is 2. The molecule has 194 valence electrons. The Balaban J connectivity index is 1.21. The van der Waals surface area contributed by atoms with Gasteiger partial charge in [-0.15, -0.1) is 5.10 Å². The summed E-state index contributed by atoms with van der Waals surface area (Å²) in [5.74, 6) is 2.49. The van der Waals surface area contributed by atoms with E-state index >= 15 is 0 Å². The minimum Gasteiger partial charge on any atom is -0.492 e. The number of pyridine rings is 3. The van der Waals surface area contributed by atoms with E-state index < -0.39 is 0 Å². The number of piperazine rings is 1. The first-order valence-corrected chi connectivity index (χ1v) is 12.8. The maximum absolute atomic E-state index is 9.69. The van der Waals surface area contributed by atoms with E-state index in [4.69, 9.17) is 20.2 Å². The molecule has 7 heterocycles. The highest BCUT2D eigenvalue weighted by molar-refractivity contribution is 5.88. The molecule has 7 rings (SSSR count). The van der Waals surface area contributed by atoms with Crippen molar-refractivity contribution in [3.05, 3.63) is 59.5 Å². The maximum Gasteiger partial charge on any atom is 0.215 e. The van der Waals surface area contributed by atoms with Crippen LogP contribution >= 0.6 is 0 Å². The average molecular weight is 511 g/mol. The number of rotatable bonds is 7. The topological polar surface area (TPSA) is 118 Å². The van der Waals surface area contributed by atoms with Crippen molar-refractivity contribution in [3.8, 4) is 28.8 Å². The molecule has 0 amide bonds. The van der Waals surface area contributed by atoms with Crippen molar-refractivity contribution in [1.82, 2.24) is 24.5 Å². The van der Waals surface area contributed by atoms with Crippen LogP contribution < -0.4 is 20.1 Å². The van der Waals surface area contributed by atoms with Crippen LogP contribution in [0, 0.1) is 18.3 Å². The Kier molecular flexibility index (Phi) is 6.00. The van der Waals surface area contributed by atoms with Gasteiger partial charge in [-0.3, -0.25) is 4.90 Å². The van der Waals surface area contributed by atoms with Crippen LogP contribution in [0.15, 0.2) is 42.9 Å². The summed E-state index contributed by atoms with van der Waals surface area (Å²) >= 11 is 0. The number of methoxy groups -OCH3 is 1. The lowest BCUT2D eigenvalue weighted by molar-refractivity contribution is -0.00878. The van der Waals surface area contributed by atoms with Gasteiger partial charge in [0.15, 0.2) is 5.82 Å². The van der Waals surface area contributed by atoms with Gasteiger partial charge in [0.1, 0.15) is 23.2 Å². The summed E-state index contributed by atoms with van der Waals surface area (Å²) in [4.78, 5) is 14.2. The summed E-state index contributed by atoms with van der Waals surface area (Å²) in [6, 6.07) is 11.4. The van der Waals surface area contributed by atoms with Gasteiger partial charge in [-0.2, -0.15) is 5.26 Å². The summed E-state index contributed by atoms with van der Waals surface area (Å²) in [7, 11) is 1.65. The monoisotopic (exact) mass is 510 g/mol. The predicted molar refractivity (Wildman–Crippen MR) is 144 cm³/mol. The number of nitrogen functional groups attached to an aromatic ring is 1. The molecule has 2 atom stereocenters. The number of hydrogen-bond donors (Lipinski definition) is 1. The number of nitrogens with two attached hydrogens (primary N) is 1. The second kappa shape index (κ2) is 9.50. The van der Waals surface area contributed by atoms with Crippen LogP contribution in [-0.2, 0) is 6.54 Å². The molecule has 10 heteroatoms. The Morgan fingerprint density at radius 3 is 2.63 bits per heavy atom. The van der Waals surface area contributed by atoms with Crippen molar-refractivity contribution in [2.45, 2.75) is 38.9 Å². The van der Waals surface area contributed by atoms with Crippen LogP contribution in [0.2, 0.25) is 0 Å². The molecule has 0 spiro atoms. The van der Waals surface area contributed by atoms with Gasteiger partial charge in [-0.05, 0) is 50.1 Å². The average Bonchev–Trinajstić information content (AvgIpc) is 3.26. The number of fused-ring (bicyclic) bond motifs is 3. The quantitative estimate of drug-likeness (QED) is 0.399. The van der Waals surface area contributed by atoms with Gasteiger partial charge >= 0.3 is 0 Å². The maximum atomic E-state index is 9.69. The van der Waals surface area contributed by atoms with E-state index in [1.165, 1.54) is 12.0 Å². The molecule has 0 aliphatic carbocycles. The van der Waals surface area contributed by atoms with E-state index in [1.54, 1.807) is 17.8 Å². The molecule has 0 aromatic carbocycles. The Labute approximate surface area is 221 Å². The number of hydrogen-bond acceptors (Lipinski definition) is 9. The van der Waals surface area contributed by atoms with E-state index in [1.807, 2.05) is 38.4 Å². The Hall–Kier alpha value is -4.36. The van der Waals surface area contributed by atoms with Crippen molar-refractivity contribution >= 4 is 17.2 Å². The van der Waals surface area contributed by atoms with E-state index in [-0.39, 0.29) is 5.82 Å². The van der Waals surface area contributed by atoms with Crippen molar-refractivity contribution in [2.24, 2.45) is 0 Å². The second-order valence-electron chi connectivity index (χ2n) is 9.88. The van der Waals surface area contributed by atoms with Gasteiger partial charge in [-0.25, -0.2) is 14.5 Å². The molecular formula is C28H30N8O2. The minimum atomic E-state index is 0.199. The molecule has 3 fully saturated rings. The number of nitriles is 1. The van der Waals surface area contributed by atoms with Crippen LogP contribution in [0.5, 0.6) is 11.6 Å². The number of nitrogens with zero attached hydrogens (tertiary/aromatic N) is 7. The van der Waals surface area contributed by atoms with E-state index in [9.17, 15) is 5.26 Å². The molecule has 2 N–H and O–H groups in total. The molecule has 3 saturated heterocycles. The summed E-state index contributed by atoms with van der Waals surface area (Å²) in [6.45, 7) is 7.25. The van der Waals surface area contributed by atoms with Crippen LogP contribution in [0.3, 0.4) is 0 Å². The van der Waals surface area contributed by atoms with Gasteiger partial charge in [0, 0.05) is 60.8 Å². The largest absolute Gasteiger partial charge is 0.492 e. The summed E-state index contributed by atoms with van der Waals surface area (Å²) in [5, 5.41) is 14.0. The number of aryl methyl sites for hydroxylation is 1. The third-order valence-corrected chi connectivity index (χ3v) is 7.52. The molecule has 4 aromatic heterocycles. The predicted octanol–water partition coefficient (Wildman–Crippen LogP) is 3.42. The summed E-state index contributed by atoms with van der Waals surface area (Å²) in [5.41, 5.74) is 11.0. The lowest BCUT2D eigenvalue weighted by Crippen LogP contribution is -2.68. The zero-order valence-corrected chi connectivity index (χ0v) is 21.8. The number of anilines is 2. The molecule has 0 radical (unpaired) electrons. The fourth-order valence-electron chi connectivity index (χ4n) is 5.74. The zero-order valence-electron chi connectivity index (χ0n) is 21.8. The fraction of sp³-hybridized carbons (Fsp3) is 0.357. The van der Waals surface area contributed by atoms with Crippen molar-refractivity contribution in [2.75, 3.05) is 37.4 Å². The molecule has 2 unspecified atom stereocenters. The van der Waals surface area contributed by atoms with Gasteiger partial charge in [-0.1, -0.05) is 0 Å². The van der Waals surface area contributed by atoms with Gasteiger partial charge in [0.2, 0.25) is 5.88 Å². The van der Waals surface area contributed by atoms with Gasteiger partial charge in [0.05, 0.1) is 25.4 Å². The third-order valence-electron chi connectivity index (χ3n) is 7.52. The van der Waals surface area contributed by atoms with E-state index in [0.717, 1.165) is 42.1 Å². The first-order valence-electron chi connectivity index (χ1n) is 12.8. The van der Waals surface area contributed by atoms with Gasteiger partial charge < -0.3 is 20.1 Å². The second-order valence-corrected chi connectivity index (χ2v) is 9.88. The summed E-state index contributed by atoms with van der Waals surface area (Å²) < 4.78 is 12.7. The normalized spacial score (nSPS) is 18.7. The Morgan fingerprint density at radius 2 is 1.97 bits per heavy atom. The smallest absolute Gasteiger partial charge is 0.215 e. The zero-order chi connectivity index (χ0) is 26.4. The SMILES string of the molecule is CCOc1cc(-c2ccc(N3CC4CC(C3)N4Cc3cnc(OC)c(C)c3)nc2)c2c(C#N)c(N)nn2c1. The third kappa shape index (κ3) is 4.05. The molecule has 10 nitrogen and oxygen atoms in total. The Morgan fingerprint density at radius 1 is 1.16 bits per heavy atom. The van der Waals surface area contributed by atoms with Crippen molar-refractivity contribution in [1.29, 1.82) is 5.26 Å². The molecule has 2 bridgehead atoms. The van der Waals surface area contributed by atoms with Crippen LogP contribution in [-0.4, -0.2) is 63.4 Å². The highest BCUT2D eigenvalue weighted by Gasteiger charge is 2.44. The first-order chi connectivity index (χ1) is 18.5. The molecule has 3 aliphatic heterocycles. The van der Waals surface area contributed by atoms with E-state index in [0.29, 0.717) is 41.4 Å². The summed E-state index contributed by atoms with van der Waals surface area (Å²) in [6.07, 6.45) is 6.73. The van der Waals surface area contributed by atoms with Crippen LogP contribution in [0.4, 0.5) is 11.6 Å². The molecule has 0 saturated carbocycles. The van der Waals surface area contributed by atoms with Gasteiger partial charge in [0.25, 0.3) is 0 Å². The lowest BCUT2D eigenvalue weighted by Gasteiger charge is -2.56. The molecular weight excluding hydrogens is 480 g/mol. The standard InChI is InChI=1S/C28H30N8O2/c1-4-38-22-9-23(26-24(10-29)27(30)33-36(26)16-22)19-5-6-25(31-12-19)34-14-20-8-21(15-34)35(20)13-18-7-17(2)28(37-3)32-11-18/h5-7,9,11-12,16,20-21H,4,8,13-15H2,1-3H3,(H2,30,33). The Bertz CT molecular complexity index is 1530. The highest BCUT2D eigenvalue weighted by Crippen LogP contribution is 2.37. The van der Waals surface area contributed by atoms with Crippen LogP contribution in [0.1, 0.15) is 30.0 Å². The van der Waals surface area contributed by atoms with Crippen molar-refractivity contribution in [3.63, 3.8) is 0 Å². The molecule has 4 aromatic rings.